The number of benzene rings is 1. The molecule has 0 bridgehead atoms. The van der Waals surface area contributed by atoms with Gasteiger partial charge < -0.3 is 0 Å². The minimum absolute atomic E-state index is 0.103. The summed E-state index contributed by atoms with van der Waals surface area (Å²) in [6.07, 6.45) is 7.08. The molecule has 4 rings (SSSR count). The average molecular weight is 398 g/mol. The molecule has 1 aliphatic heterocycles. The van der Waals surface area contributed by atoms with Crippen LogP contribution in [0.1, 0.15) is 18.5 Å². The molecule has 0 amide bonds. The minimum Gasteiger partial charge on any atom is -0.296 e. The molecule has 8 heteroatoms. The maximum absolute atomic E-state index is 12.8. The van der Waals surface area contributed by atoms with Crippen molar-refractivity contribution in [1.29, 1.82) is 0 Å². The van der Waals surface area contributed by atoms with E-state index in [-0.39, 0.29) is 10.9 Å². The van der Waals surface area contributed by atoms with Crippen molar-refractivity contribution in [2.24, 2.45) is 0 Å². The van der Waals surface area contributed by atoms with Gasteiger partial charge in [0.2, 0.25) is 10.0 Å². The molecule has 7 nitrogen and oxygen atoms in total. The first-order valence-electron chi connectivity index (χ1n) is 9.35. The maximum Gasteiger partial charge on any atom is 0.240 e. The number of likely N-dealkylation sites (tertiary alicyclic amines) is 1. The summed E-state index contributed by atoms with van der Waals surface area (Å²) in [5.74, 6) is 0. The van der Waals surface area contributed by atoms with E-state index in [0.717, 1.165) is 37.3 Å². The standard InChI is InChI=1S/C20H23N5O2S/c26-28(27,20-9-7-19(8-10-20)25-14-4-12-22-25)23-18-6-3-13-24(16-18)15-17-5-1-2-11-21-17/h1-2,4-5,7-12,14,18,23H,3,6,13,15-16H2/t18-/m1/s1. The summed E-state index contributed by atoms with van der Waals surface area (Å²) in [6, 6.07) is 14.3. The maximum atomic E-state index is 12.8. The monoisotopic (exact) mass is 397 g/mol. The summed E-state index contributed by atoms with van der Waals surface area (Å²) in [5.41, 5.74) is 1.82. The number of hydrogen-bond acceptors (Lipinski definition) is 5. The van der Waals surface area contributed by atoms with E-state index < -0.39 is 10.0 Å². The highest BCUT2D eigenvalue weighted by Gasteiger charge is 2.25. The van der Waals surface area contributed by atoms with Crippen molar-refractivity contribution in [2.45, 2.75) is 30.3 Å². The smallest absolute Gasteiger partial charge is 0.240 e. The Morgan fingerprint density at radius 1 is 1.07 bits per heavy atom. The molecular formula is C20H23N5O2S. The van der Waals surface area contributed by atoms with E-state index >= 15 is 0 Å². The zero-order valence-corrected chi connectivity index (χ0v) is 16.3. The Morgan fingerprint density at radius 2 is 1.93 bits per heavy atom. The van der Waals surface area contributed by atoms with Gasteiger partial charge in [-0.25, -0.2) is 17.8 Å². The number of sulfonamides is 1. The van der Waals surface area contributed by atoms with Crippen LogP contribution in [-0.2, 0) is 16.6 Å². The third-order valence-corrected chi connectivity index (χ3v) is 6.39. The zero-order valence-electron chi connectivity index (χ0n) is 15.5. The lowest BCUT2D eigenvalue weighted by atomic mass is 10.1. The van der Waals surface area contributed by atoms with Crippen LogP contribution in [0.25, 0.3) is 5.69 Å². The molecule has 1 N–H and O–H groups in total. The summed E-state index contributed by atoms with van der Waals surface area (Å²) in [5, 5.41) is 4.16. The molecule has 0 aliphatic carbocycles. The lowest BCUT2D eigenvalue weighted by Gasteiger charge is -2.32. The van der Waals surface area contributed by atoms with Crippen molar-refractivity contribution in [3.05, 3.63) is 72.8 Å². The van der Waals surface area contributed by atoms with Crippen LogP contribution in [0.3, 0.4) is 0 Å². The summed E-state index contributed by atoms with van der Waals surface area (Å²) >= 11 is 0. The zero-order chi connectivity index (χ0) is 19.4. The number of aromatic nitrogens is 3. The summed E-state index contributed by atoms with van der Waals surface area (Å²) in [4.78, 5) is 6.88. The summed E-state index contributed by atoms with van der Waals surface area (Å²) in [6.45, 7) is 2.37. The van der Waals surface area contributed by atoms with Gasteiger partial charge in [-0.1, -0.05) is 6.07 Å². The fraction of sp³-hybridized carbons (Fsp3) is 0.300. The lowest BCUT2D eigenvalue weighted by molar-refractivity contribution is 0.192. The van der Waals surface area contributed by atoms with E-state index in [1.165, 1.54) is 0 Å². The molecule has 146 valence electrons. The molecule has 2 aromatic heterocycles. The predicted octanol–water partition coefficient (Wildman–Crippen LogP) is 2.21. The fourth-order valence-corrected chi connectivity index (χ4v) is 4.76. The highest BCUT2D eigenvalue weighted by molar-refractivity contribution is 7.89. The number of nitrogens with zero attached hydrogens (tertiary/aromatic N) is 4. The van der Waals surface area contributed by atoms with Gasteiger partial charge in [-0.05, 0) is 61.9 Å². The molecule has 3 aromatic rings. The second-order valence-corrected chi connectivity index (χ2v) is 8.68. The molecule has 0 radical (unpaired) electrons. The third-order valence-electron chi connectivity index (χ3n) is 4.86. The summed E-state index contributed by atoms with van der Waals surface area (Å²) < 4.78 is 30.2. The SMILES string of the molecule is O=S(=O)(N[C@@H]1CCCN(Cc2ccccn2)C1)c1ccc(-n2cccn2)cc1. The Balaban J connectivity index is 1.41. The van der Waals surface area contributed by atoms with Gasteiger partial charge in [-0.2, -0.15) is 5.10 Å². The van der Waals surface area contributed by atoms with Crippen LogP contribution in [0.15, 0.2) is 72.0 Å². The van der Waals surface area contributed by atoms with Crippen LogP contribution in [0.5, 0.6) is 0 Å². The van der Waals surface area contributed by atoms with Crippen molar-refractivity contribution in [3.8, 4) is 5.69 Å². The van der Waals surface area contributed by atoms with E-state index in [1.54, 1.807) is 41.3 Å². The number of piperidine rings is 1. The molecule has 1 aromatic carbocycles. The van der Waals surface area contributed by atoms with E-state index in [4.69, 9.17) is 0 Å². The molecular weight excluding hydrogens is 374 g/mol. The molecule has 28 heavy (non-hydrogen) atoms. The largest absolute Gasteiger partial charge is 0.296 e. The predicted molar refractivity (Wildman–Crippen MR) is 106 cm³/mol. The number of hydrogen-bond donors (Lipinski definition) is 1. The van der Waals surface area contributed by atoms with Gasteiger partial charge >= 0.3 is 0 Å². The highest BCUT2D eigenvalue weighted by atomic mass is 32.2. The van der Waals surface area contributed by atoms with Crippen molar-refractivity contribution in [1.82, 2.24) is 24.4 Å². The molecule has 1 aliphatic rings. The summed E-state index contributed by atoms with van der Waals surface area (Å²) in [7, 11) is -3.56. The van der Waals surface area contributed by atoms with Crippen LogP contribution in [0.2, 0.25) is 0 Å². The van der Waals surface area contributed by atoms with Gasteiger partial charge in [-0.3, -0.25) is 9.88 Å². The van der Waals surface area contributed by atoms with Gasteiger partial charge in [0.05, 0.1) is 16.3 Å². The highest BCUT2D eigenvalue weighted by Crippen LogP contribution is 2.17. The number of pyridine rings is 1. The Hall–Kier alpha value is -2.55. The van der Waals surface area contributed by atoms with Crippen LogP contribution in [0, 0.1) is 0 Å². The second-order valence-electron chi connectivity index (χ2n) is 6.96. The van der Waals surface area contributed by atoms with Gasteiger partial charge in [0.15, 0.2) is 0 Å². The first kappa shape index (κ1) is 18.8. The van der Waals surface area contributed by atoms with Crippen LogP contribution < -0.4 is 4.72 Å². The van der Waals surface area contributed by atoms with Gasteiger partial charge in [0.1, 0.15) is 0 Å². The van der Waals surface area contributed by atoms with Gasteiger partial charge in [0, 0.05) is 37.7 Å². The average Bonchev–Trinajstić information content (AvgIpc) is 3.24. The van der Waals surface area contributed by atoms with Crippen molar-refractivity contribution < 1.29 is 8.42 Å². The fourth-order valence-electron chi connectivity index (χ4n) is 3.50. The Kier molecular flexibility index (Phi) is 5.52. The quantitative estimate of drug-likeness (QED) is 0.690. The van der Waals surface area contributed by atoms with E-state index in [2.05, 4.69) is 19.7 Å². The molecule has 3 heterocycles. The molecule has 1 atom stereocenters. The Morgan fingerprint density at radius 3 is 2.64 bits per heavy atom. The molecule has 0 unspecified atom stereocenters. The number of nitrogens with one attached hydrogen (secondary N) is 1. The second kappa shape index (κ2) is 8.22. The Bertz CT molecular complexity index is 989. The van der Waals surface area contributed by atoms with Crippen molar-refractivity contribution in [3.63, 3.8) is 0 Å². The van der Waals surface area contributed by atoms with Crippen molar-refractivity contribution in [2.75, 3.05) is 13.1 Å². The minimum atomic E-state index is -3.56. The molecule has 1 fully saturated rings. The third kappa shape index (κ3) is 4.46. The van der Waals surface area contributed by atoms with E-state index in [9.17, 15) is 8.42 Å². The number of rotatable bonds is 6. The molecule has 0 saturated carbocycles. The lowest BCUT2D eigenvalue weighted by Crippen LogP contribution is -2.47. The van der Waals surface area contributed by atoms with E-state index in [0.29, 0.717) is 6.54 Å². The normalized spacial score (nSPS) is 18.2. The van der Waals surface area contributed by atoms with E-state index in [1.807, 2.05) is 30.5 Å². The first-order chi connectivity index (χ1) is 13.6. The first-order valence-corrected chi connectivity index (χ1v) is 10.8. The molecule has 1 saturated heterocycles. The van der Waals surface area contributed by atoms with Crippen LogP contribution in [-0.4, -0.2) is 47.2 Å². The van der Waals surface area contributed by atoms with Crippen LogP contribution >= 0.6 is 0 Å². The Labute approximate surface area is 165 Å². The van der Waals surface area contributed by atoms with Crippen LogP contribution in [0.4, 0.5) is 0 Å². The van der Waals surface area contributed by atoms with Crippen molar-refractivity contribution >= 4 is 10.0 Å². The topological polar surface area (TPSA) is 80.1 Å². The van der Waals surface area contributed by atoms with Gasteiger partial charge in [-0.15, -0.1) is 0 Å². The van der Waals surface area contributed by atoms with Gasteiger partial charge in [0.25, 0.3) is 0 Å². The molecule has 0 spiro atoms.